The Morgan fingerprint density at radius 3 is 2.50 bits per heavy atom. The van der Waals surface area contributed by atoms with E-state index in [4.69, 9.17) is 0 Å². The van der Waals surface area contributed by atoms with Crippen LogP contribution in [0.4, 0.5) is 0 Å². The summed E-state index contributed by atoms with van der Waals surface area (Å²) in [5.74, 6) is 6.39. The van der Waals surface area contributed by atoms with Crippen LogP contribution < -0.4 is 0 Å². The standard InChI is InChI=1S/C17H17N/c1-14-7-5-10-16(13-14)9-3-4-11-17-12-6-8-15(2)18-17/h5-8,10,12-13H,9,11H2,1-2H3. The summed E-state index contributed by atoms with van der Waals surface area (Å²) >= 11 is 0. The van der Waals surface area contributed by atoms with Gasteiger partial charge in [-0.05, 0) is 31.5 Å². The van der Waals surface area contributed by atoms with Crippen LogP contribution in [-0.4, -0.2) is 4.98 Å². The van der Waals surface area contributed by atoms with Crippen LogP contribution in [0.15, 0.2) is 42.5 Å². The number of hydrogen-bond acceptors (Lipinski definition) is 1. The number of rotatable bonds is 2. The average Bonchev–Trinajstić information content (AvgIpc) is 2.35. The first kappa shape index (κ1) is 12.4. The molecule has 2 rings (SSSR count). The normalized spacial score (nSPS) is 9.67. The summed E-state index contributed by atoms with van der Waals surface area (Å²) in [5.41, 5.74) is 4.66. The molecule has 1 nitrogen and oxygen atoms in total. The zero-order valence-corrected chi connectivity index (χ0v) is 10.9. The van der Waals surface area contributed by atoms with Crippen molar-refractivity contribution in [2.24, 2.45) is 0 Å². The van der Waals surface area contributed by atoms with Gasteiger partial charge < -0.3 is 0 Å². The third kappa shape index (κ3) is 3.75. The molecule has 0 fully saturated rings. The maximum absolute atomic E-state index is 4.43. The van der Waals surface area contributed by atoms with Gasteiger partial charge in [-0.3, -0.25) is 4.98 Å². The quantitative estimate of drug-likeness (QED) is 0.726. The molecule has 2 aromatic rings. The lowest BCUT2D eigenvalue weighted by atomic mass is 10.1. The topological polar surface area (TPSA) is 12.9 Å². The minimum absolute atomic E-state index is 0.730. The van der Waals surface area contributed by atoms with Gasteiger partial charge >= 0.3 is 0 Å². The average molecular weight is 235 g/mol. The summed E-state index contributed by atoms with van der Waals surface area (Å²) in [5, 5.41) is 0. The van der Waals surface area contributed by atoms with E-state index in [1.54, 1.807) is 0 Å². The summed E-state index contributed by atoms with van der Waals surface area (Å²) in [6.45, 7) is 4.11. The van der Waals surface area contributed by atoms with Gasteiger partial charge in [-0.2, -0.15) is 0 Å². The molecule has 0 unspecified atom stereocenters. The van der Waals surface area contributed by atoms with Crippen LogP contribution in [0.5, 0.6) is 0 Å². The molecule has 0 aliphatic carbocycles. The second-order valence-electron chi connectivity index (χ2n) is 4.47. The Hall–Kier alpha value is -2.07. The molecule has 0 saturated carbocycles. The molecule has 0 atom stereocenters. The zero-order valence-electron chi connectivity index (χ0n) is 10.9. The van der Waals surface area contributed by atoms with Gasteiger partial charge in [-0.25, -0.2) is 0 Å². The smallest absolute Gasteiger partial charge is 0.0525 e. The maximum atomic E-state index is 4.43. The van der Waals surface area contributed by atoms with E-state index < -0.39 is 0 Å². The predicted octanol–water partition coefficient (Wildman–Crippen LogP) is 3.49. The van der Waals surface area contributed by atoms with E-state index in [0.717, 1.165) is 24.2 Å². The summed E-state index contributed by atoms with van der Waals surface area (Å²) < 4.78 is 0. The van der Waals surface area contributed by atoms with E-state index >= 15 is 0 Å². The molecule has 1 heteroatoms. The highest BCUT2D eigenvalue weighted by Crippen LogP contribution is 2.04. The lowest BCUT2D eigenvalue weighted by Crippen LogP contribution is -1.89. The van der Waals surface area contributed by atoms with Gasteiger partial charge in [0.15, 0.2) is 0 Å². The molecule has 1 aromatic heterocycles. The van der Waals surface area contributed by atoms with E-state index in [2.05, 4.69) is 48.0 Å². The Balaban J connectivity index is 1.94. The van der Waals surface area contributed by atoms with Crippen molar-refractivity contribution in [3.8, 4) is 11.8 Å². The molecule has 1 heterocycles. The molecule has 0 saturated heterocycles. The summed E-state index contributed by atoms with van der Waals surface area (Å²) in [4.78, 5) is 4.43. The molecule has 0 amide bonds. The van der Waals surface area contributed by atoms with E-state index in [9.17, 15) is 0 Å². The predicted molar refractivity (Wildman–Crippen MR) is 75.3 cm³/mol. The minimum atomic E-state index is 0.730. The van der Waals surface area contributed by atoms with Crippen molar-refractivity contribution in [1.82, 2.24) is 4.98 Å². The van der Waals surface area contributed by atoms with E-state index in [1.807, 2.05) is 25.1 Å². The summed E-state index contributed by atoms with van der Waals surface area (Å²) in [6, 6.07) is 14.5. The zero-order chi connectivity index (χ0) is 12.8. The SMILES string of the molecule is Cc1cccc(CC#CCc2cccc(C)n2)c1. The van der Waals surface area contributed by atoms with E-state index in [0.29, 0.717) is 0 Å². The van der Waals surface area contributed by atoms with Gasteiger partial charge in [0.05, 0.1) is 12.1 Å². The maximum Gasteiger partial charge on any atom is 0.0525 e. The molecule has 0 N–H and O–H groups in total. The molecular weight excluding hydrogens is 218 g/mol. The van der Waals surface area contributed by atoms with Crippen LogP contribution in [0.1, 0.15) is 22.5 Å². The molecule has 0 radical (unpaired) electrons. The number of nitrogens with zero attached hydrogens (tertiary/aromatic N) is 1. The van der Waals surface area contributed by atoms with Crippen LogP contribution in [0, 0.1) is 25.7 Å². The van der Waals surface area contributed by atoms with Crippen molar-refractivity contribution in [1.29, 1.82) is 0 Å². The van der Waals surface area contributed by atoms with Crippen molar-refractivity contribution in [3.63, 3.8) is 0 Å². The number of benzene rings is 1. The van der Waals surface area contributed by atoms with Crippen LogP contribution in [0.25, 0.3) is 0 Å². The molecule has 0 bridgehead atoms. The van der Waals surface area contributed by atoms with Crippen molar-refractivity contribution >= 4 is 0 Å². The molecule has 18 heavy (non-hydrogen) atoms. The highest BCUT2D eigenvalue weighted by molar-refractivity contribution is 5.26. The fourth-order valence-electron chi connectivity index (χ4n) is 1.84. The van der Waals surface area contributed by atoms with Crippen molar-refractivity contribution in [2.45, 2.75) is 26.7 Å². The molecular formula is C17H17N. The van der Waals surface area contributed by atoms with E-state index in [1.165, 1.54) is 11.1 Å². The minimum Gasteiger partial charge on any atom is -0.257 e. The number of aromatic nitrogens is 1. The number of hydrogen-bond donors (Lipinski definition) is 0. The van der Waals surface area contributed by atoms with Gasteiger partial charge in [0.2, 0.25) is 0 Å². The monoisotopic (exact) mass is 235 g/mol. The lowest BCUT2D eigenvalue weighted by Gasteiger charge is -1.97. The highest BCUT2D eigenvalue weighted by Gasteiger charge is 1.92. The van der Waals surface area contributed by atoms with Gasteiger partial charge in [0, 0.05) is 12.1 Å². The lowest BCUT2D eigenvalue weighted by molar-refractivity contribution is 1.08. The Labute approximate surface area is 109 Å². The Morgan fingerprint density at radius 1 is 0.944 bits per heavy atom. The fraction of sp³-hybridized carbons (Fsp3) is 0.235. The van der Waals surface area contributed by atoms with Gasteiger partial charge in [-0.1, -0.05) is 47.7 Å². The Morgan fingerprint density at radius 2 is 1.72 bits per heavy atom. The largest absolute Gasteiger partial charge is 0.257 e. The third-order valence-electron chi connectivity index (χ3n) is 2.72. The number of pyridine rings is 1. The molecule has 0 spiro atoms. The van der Waals surface area contributed by atoms with E-state index in [-0.39, 0.29) is 0 Å². The fourth-order valence-corrected chi connectivity index (χ4v) is 1.84. The van der Waals surface area contributed by atoms with Crippen LogP contribution in [0.2, 0.25) is 0 Å². The summed E-state index contributed by atoms with van der Waals surface area (Å²) in [6.07, 6.45) is 1.54. The Kier molecular flexibility index (Phi) is 4.15. The van der Waals surface area contributed by atoms with Gasteiger partial charge in [0.1, 0.15) is 0 Å². The van der Waals surface area contributed by atoms with Crippen molar-refractivity contribution in [2.75, 3.05) is 0 Å². The first-order valence-corrected chi connectivity index (χ1v) is 6.18. The van der Waals surface area contributed by atoms with Gasteiger partial charge in [-0.15, -0.1) is 0 Å². The van der Waals surface area contributed by atoms with Crippen LogP contribution >= 0.6 is 0 Å². The molecule has 1 aromatic carbocycles. The second kappa shape index (κ2) is 6.02. The molecule has 0 aliphatic heterocycles. The van der Waals surface area contributed by atoms with Crippen LogP contribution in [-0.2, 0) is 12.8 Å². The van der Waals surface area contributed by atoms with Crippen molar-refractivity contribution < 1.29 is 0 Å². The Bertz CT molecular complexity index is 536. The molecule has 90 valence electrons. The first-order chi connectivity index (χ1) is 8.74. The van der Waals surface area contributed by atoms with Crippen LogP contribution in [0.3, 0.4) is 0 Å². The number of aryl methyl sites for hydroxylation is 2. The van der Waals surface area contributed by atoms with Crippen molar-refractivity contribution in [3.05, 3.63) is 65.0 Å². The third-order valence-corrected chi connectivity index (χ3v) is 2.72. The first-order valence-electron chi connectivity index (χ1n) is 6.18. The van der Waals surface area contributed by atoms with Gasteiger partial charge in [0.25, 0.3) is 0 Å². The highest BCUT2D eigenvalue weighted by atomic mass is 14.7. The summed E-state index contributed by atoms with van der Waals surface area (Å²) in [7, 11) is 0. The second-order valence-corrected chi connectivity index (χ2v) is 4.47. The molecule has 0 aliphatic rings.